The van der Waals surface area contributed by atoms with Crippen LogP contribution in [0.3, 0.4) is 0 Å². The molecular formula is C14H17Cl2NO. The van der Waals surface area contributed by atoms with Crippen molar-refractivity contribution in [1.82, 2.24) is 4.90 Å². The fourth-order valence-electron chi connectivity index (χ4n) is 2.77. The highest BCUT2D eigenvalue weighted by molar-refractivity contribution is 6.44. The number of ketones is 1. The summed E-state index contributed by atoms with van der Waals surface area (Å²) >= 11 is 12.2. The predicted octanol–water partition coefficient (Wildman–Crippen LogP) is 4.05. The van der Waals surface area contributed by atoms with Gasteiger partial charge in [0.25, 0.3) is 0 Å². The zero-order valence-electron chi connectivity index (χ0n) is 10.7. The summed E-state index contributed by atoms with van der Waals surface area (Å²) in [5.74, 6) is 0.0949. The van der Waals surface area contributed by atoms with Crippen LogP contribution >= 0.6 is 23.2 Å². The summed E-state index contributed by atoms with van der Waals surface area (Å²) in [6, 6.07) is 5.25. The van der Waals surface area contributed by atoms with Crippen molar-refractivity contribution in [1.29, 1.82) is 0 Å². The Bertz CT molecular complexity index is 465. The Hall–Kier alpha value is -0.570. The maximum absolute atomic E-state index is 12.8. The van der Waals surface area contributed by atoms with E-state index in [1.165, 1.54) is 0 Å². The van der Waals surface area contributed by atoms with Crippen molar-refractivity contribution in [2.24, 2.45) is 0 Å². The number of benzene rings is 1. The van der Waals surface area contributed by atoms with Crippen LogP contribution in [-0.2, 0) is 0 Å². The summed E-state index contributed by atoms with van der Waals surface area (Å²) < 4.78 is 0. The summed E-state index contributed by atoms with van der Waals surface area (Å²) in [5.41, 5.74) is 0.133. The van der Waals surface area contributed by atoms with Crippen LogP contribution in [0.15, 0.2) is 18.2 Å². The Balaban J connectivity index is 2.44. The molecule has 0 spiro atoms. The number of Topliss-reactive ketones (excluding diaryl/α,β-unsaturated/α-hetero) is 1. The zero-order chi connectivity index (χ0) is 13.3. The lowest BCUT2D eigenvalue weighted by Gasteiger charge is -2.35. The summed E-state index contributed by atoms with van der Waals surface area (Å²) in [6.45, 7) is 0. The molecule has 2 rings (SSSR count). The fourth-order valence-corrected chi connectivity index (χ4v) is 3.15. The van der Waals surface area contributed by atoms with Gasteiger partial charge in [0.15, 0.2) is 5.78 Å². The van der Waals surface area contributed by atoms with Crippen molar-refractivity contribution in [3.63, 3.8) is 0 Å². The molecule has 0 atom stereocenters. The van der Waals surface area contributed by atoms with Gasteiger partial charge >= 0.3 is 0 Å². The van der Waals surface area contributed by atoms with Crippen molar-refractivity contribution in [3.05, 3.63) is 33.8 Å². The molecule has 0 aliphatic heterocycles. The van der Waals surface area contributed by atoms with E-state index >= 15 is 0 Å². The van der Waals surface area contributed by atoms with E-state index in [4.69, 9.17) is 23.2 Å². The van der Waals surface area contributed by atoms with E-state index in [1.54, 1.807) is 18.2 Å². The highest BCUT2D eigenvalue weighted by Crippen LogP contribution is 2.39. The lowest BCUT2D eigenvalue weighted by Crippen LogP contribution is -2.49. The van der Waals surface area contributed by atoms with E-state index in [0.29, 0.717) is 15.6 Å². The summed E-state index contributed by atoms with van der Waals surface area (Å²) in [4.78, 5) is 14.8. The molecule has 0 saturated heterocycles. The summed E-state index contributed by atoms with van der Waals surface area (Å²) in [7, 11) is 3.92. The van der Waals surface area contributed by atoms with E-state index in [9.17, 15) is 4.79 Å². The van der Waals surface area contributed by atoms with Gasteiger partial charge in [-0.1, -0.05) is 42.1 Å². The molecule has 18 heavy (non-hydrogen) atoms. The Morgan fingerprint density at radius 3 is 2.39 bits per heavy atom. The molecule has 0 amide bonds. The molecule has 1 aromatic carbocycles. The van der Waals surface area contributed by atoms with Crippen molar-refractivity contribution in [3.8, 4) is 0 Å². The van der Waals surface area contributed by atoms with E-state index in [-0.39, 0.29) is 5.78 Å². The molecule has 2 nitrogen and oxygen atoms in total. The monoisotopic (exact) mass is 285 g/mol. The van der Waals surface area contributed by atoms with Gasteiger partial charge in [0.1, 0.15) is 0 Å². The number of hydrogen-bond acceptors (Lipinski definition) is 2. The molecule has 1 aliphatic rings. The first-order valence-corrected chi connectivity index (χ1v) is 6.91. The summed E-state index contributed by atoms with van der Waals surface area (Å²) in [5, 5.41) is 0.812. The van der Waals surface area contributed by atoms with Gasteiger partial charge in [-0.05, 0) is 39.1 Å². The Morgan fingerprint density at radius 1 is 1.22 bits per heavy atom. The van der Waals surface area contributed by atoms with Crippen molar-refractivity contribution < 1.29 is 4.79 Å². The van der Waals surface area contributed by atoms with E-state index in [1.807, 2.05) is 19.0 Å². The van der Waals surface area contributed by atoms with Crippen molar-refractivity contribution in [2.75, 3.05) is 14.1 Å². The number of halogens is 2. The smallest absolute Gasteiger partial charge is 0.184 e. The van der Waals surface area contributed by atoms with Crippen LogP contribution < -0.4 is 0 Å². The average molecular weight is 286 g/mol. The minimum absolute atomic E-state index is 0.0949. The third kappa shape index (κ3) is 2.18. The quantitative estimate of drug-likeness (QED) is 0.781. The number of nitrogens with zero attached hydrogens (tertiary/aromatic N) is 1. The first-order chi connectivity index (χ1) is 8.49. The molecule has 0 aromatic heterocycles. The maximum atomic E-state index is 12.8. The Morgan fingerprint density at radius 2 is 1.83 bits per heavy atom. The zero-order valence-corrected chi connectivity index (χ0v) is 12.2. The number of hydrogen-bond donors (Lipinski definition) is 0. The molecule has 0 unspecified atom stereocenters. The predicted molar refractivity (Wildman–Crippen MR) is 75.7 cm³/mol. The van der Waals surface area contributed by atoms with Gasteiger partial charge in [-0.15, -0.1) is 0 Å². The van der Waals surface area contributed by atoms with Gasteiger partial charge in [-0.25, -0.2) is 0 Å². The normalized spacial score (nSPS) is 18.3. The van der Waals surface area contributed by atoms with Crippen LogP contribution in [0.2, 0.25) is 10.0 Å². The third-order valence-electron chi connectivity index (χ3n) is 3.91. The van der Waals surface area contributed by atoms with Crippen LogP contribution in [0, 0.1) is 0 Å². The first-order valence-electron chi connectivity index (χ1n) is 6.15. The second kappa shape index (κ2) is 5.20. The molecular weight excluding hydrogens is 269 g/mol. The summed E-state index contributed by atoms with van der Waals surface area (Å²) in [6.07, 6.45) is 3.95. The molecule has 0 heterocycles. The fraction of sp³-hybridized carbons (Fsp3) is 0.500. The molecule has 1 saturated carbocycles. The Kier molecular flexibility index (Phi) is 4.00. The number of carbonyl (C=O) groups is 1. The minimum Gasteiger partial charge on any atom is -0.297 e. The largest absolute Gasteiger partial charge is 0.297 e. The molecule has 98 valence electrons. The van der Waals surface area contributed by atoms with Crippen LogP contribution in [-0.4, -0.2) is 30.3 Å². The van der Waals surface area contributed by atoms with E-state index in [0.717, 1.165) is 25.7 Å². The van der Waals surface area contributed by atoms with Gasteiger partial charge in [-0.2, -0.15) is 0 Å². The van der Waals surface area contributed by atoms with E-state index < -0.39 is 5.54 Å². The lowest BCUT2D eigenvalue weighted by atomic mass is 9.86. The first kappa shape index (κ1) is 13.9. The third-order valence-corrected chi connectivity index (χ3v) is 4.72. The van der Waals surface area contributed by atoms with Gasteiger partial charge < -0.3 is 0 Å². The topological polar surface area (TPSA) is 20.3 Å². The highest BCUT2D eigenvalue weighted by Gasteiger charge is 2.43. The number of rotatable bonds is 3. The molecule has 0 bridgehead atoms. The van der Waals surface area contributed by atoms with Crippen molar-refractivity contribution >= 4 is 29.0 Å². The second-order valence-corrected chi connectivity index (χ2v) is 5.85. The molecule has 0 radical (unpaired) electrons. The number of carbonyl (C=O) groups excluding carboxylic acids is 1. The lowest BCUT2D eigenvalue weighted by molar-refractivity contribution is 0.0693. The van der Waals surface area contributed by atoms with Crippen LogP contribution in [0.25, 0.3) is 0 Å². The SMILES string of the molecule is CN(C)C1(C(=O)c2cccc(Cl)c2Cl)CCCC1. The van der Waals surface area contributed by atoms with Gasteiger partial charge in [0.2, 0.25) is 0 Å². The molecule has 1 aromatic rings. The standard InChI is InChI=1S/C14H17Cl2NO/c1-17(2)14(8-3-4-9-14)13(18)10-6-5-7-11(15)12(10)16/h5-7H,3-4,8-9H2,1-2H3. The molecule has 1 aliphatic carbocycles. The van der Waals surface area contributed by atoms with Crippen LogP contribution in [0.1, 0.15) is 36.0 Å². The van der Waals surface area contributed by atoms with Crippen LogP contribution in [0.4, 0.5) is 0 Å². The second-order valence-electron chi connectivity index (χ2n) is 5.06. The van der Waals surface area contributed by atoms with Gasteiger partial charge in [-0.3, -0.25) is 9.69 Å². The van der Waals surface area contributed by atoms with Crippen molar-refractivity contribution in [2.45, 2.75) is 31.2 Å². The minimum atomic E-state index is -0.408. The molecule has 1 fully saturated rings. The highest BCUT2D eigenvalue weighted by atomic mass is 35.5. The number of likely N-dealkylation sites (N-methyl/N-ethyl adjacent to an activating group) is 1. The Labute approximate surface area is 118 Å². The molecule has 4 heteroatoms. The van der Waals surface area contributed by atoms with Gasteiger partial charge in [0.05, 0.1) is 15.6 Å². The van der Waals surface area contributed by atoms with Crippen LogP contribution in [0.5, 0.6) is 0 Å². The van der Waals surface area contributed by atoms with E-state index in [2.05, 4.69) is 0 Å². The molecule has 0 N–H and O–H groups in total. The average Bonchev–Trinajstić information content (AvgIpc) is 2.82. The maximum Gasteiger partial charge on any atom is 0.184 e. The van der Waals surface area contributed by atoms with Gasteiger partial charge in [0, 0.05) is 5.56 Å².